The van der Waals surface area contributed by atoms with E-state index >= 15 is 0 Å². The molecule has 0 aromatic carbocycles. The van der Waals surface area contributed by atoms with Crippen molar-refractivity contribution in [3.8, 4) is 0 Å². The van der Waals surface area contributed by atoms with E-state index in [9.17, 15) is 0 Å². The Morgan fingerprint density at radius 2 is 2.16 bits per heavy atom. The van der Waals surface area contributed by atoms with E-state index in [0.717, 1.165) is 34.8 Å². The Bertz CT molecular complexity index is 542. The highest BCUT2D eigenvalue weighted by molar-refractivity contribution is 7.20. The number of rotatable bonds is 4. The summed E-state index contributed by atoms with van der Waals surface area (Å²) >= 11 is 1.70. The van der Waals surface area contributed by atoms with Crippen molar-refractivity contribution >= 4 is 21.4 Å². The number of fused-ring (bicyclic) bond motifs is 1. The topological polar surface area (TPSA) is 33.4 Å². The molecule has 4 nitrogen and oxygen atoms in total. The molecule has 0 atom stereocenters. The molecule has 0 aliphatic heterocycles. The van der Waals surface area contributed by atoms with Gasteiger partial charge in [0, 0.05) is 18.5 Å². The third-order valence-electron chi connectivity index (χ3n) is 3.63. The van der Waals surface area contributed by atoms with Crippen LogP contribution in [-0.2, 0) is 5.41 Å². The van der Waals surface area contributed by atoms with Crippen LogP contribution in [0.4, 0.5) is 5.13 Å². The Hall–Kier alpha value is -1.10. The van der Waals surface area contributed by atoms with Crippen molar-refractivity contribution in [3.05, 3.63) is 11.9 Å². The second-order valence-electron chi connectivity index (χ2n) is 6.47. The smallest absolute Gasteiger partial charge is 0.214 e. The number of nitrogens with zero attached hydrogens (tertiary/aromatic N) is 4. The molecule has 2 aromatic heterocycles. The van der Waals surface area contributed by atoms with E-state index in [0.29, 0.717) is 0 Å². The largest absolute Gasteiger partial charge is 0.347 e. The van der Waals surface area contributed by atoms with Crippen LogP contribution in [0.15, 0.2) is 6.20 Å². The Kier molecular flexibility index (Phi) is 3.04. The van der Waals surface area contributed by atoms with Gasteiger partial charge in [0.25, 0.3) is 0 Å². The maximum absolute atomic E-state index is 4.71. The average Bonchev–Trinajstić information content (AvgIpc) is 2.90. The normalized spacial score (nSPS) is 16.2. The van der Waals surface area contributed by atoms with E-state index in [-0.39, 0.29) is 5.41 Å². The molecular formula is C14H22N4S. The van der Waals surface area contributed by atoms with Gasteiger partial charge in [0.2, 0.25) is 10.1 Å². The lowest BCUT2D eigenvalue weighted by Gasteiger charge is -2.18. The van der Waals surface area contributed by atoms with Crippen LogP contribution in [0.5, 0.6) is 0 Å². The molecule has 0 bridgehead atoms. The first-order valence-corrected chi connectivity index (χ1v) is 7.90. The quantitative estimate of drug-likeness (QED) is 0.860. The summed E-state index contributed by atoms with van der Waals surface area (Å²) in [5.74, 6) is 0.890. The summed E-state index contributed by atoms with van der Waals surface area (Å²) in [7, 11) is 0. The zero-order valence-corrected chi connectivity index (χ0v) is 13.0. The van der Waals surface area contributed by atoms with E-state index < -0.39 is 0 Å². The van der Waals surface area contributed by atoms with Gasteiger partial charge in [-0.25, -0.2) is 9.50 Å². The van der Waals surface area contributed by atoms with Crippen molar-refractivity contribution in [3.63, 3.8) is 0 Å². The minimum atomic E-state index is 0.0893. The first-order chi connectivity index (χ1) is 8.97. The van der Waals surface area contributed by atoms with Crippen LogP contribution in [0, 0.1) is 5.92 Å². The van der Waals surface area contributed by atoms with Crippen LogP contribution in [0.3, 0.4) is 0 Å². The number of hydrogen-bond donors (Lipinski definition) is 0. The Balaban J connectivity index is 1.87. The van der Waals surface area contributed by atoms with Crippen LogP contribution in [0.25, 0.3) is 4.96 Å². The number of aromatic nitrogens is 3. The minimum absolute atomic E-state index is 0.0893. The fourth-order valence-corrected chi connectivity index (χ4v) is 3.09. The maximum Gasteiger partial charge on any atom is 0.214 e. The zero-order valence-electron chi connectivity index (χ0n) is 12.2. The molecule has 2 heterocycles. The van der Waals surface area contributed by atoms with E-state index in [4.69, 9.17) is 10.1 Å². The van der Waals surface area contributed by atoms with Gasteiger partial charge in [0.1, 0.15) is 0 Å². The average molecular weight is 278 g/mol. The highest BCUT2D eigenvalue weighted by Gasteiger charge is 2.26. The third-order valence-corrected chi connectivity index (χ3v) is 4.61. The molecule has 19 heavy (non-hydrogen) atoms. The van der Waals surface area contributed by atoms with Gasteiger partial charge in [0.15, 0.2) is 0 Å². The van der Waals surface area contributed by atoms with E-state index in [1.165, 1.54) is 12.8 Å². The summed E-state index contributed by atoms with van der Waals surface area (Å²) in [6.45, 7) is 10.9. The lowest BCUT2D eigenvalue weighted by atomic mass is 9.93. The maximum atomic E-state index is 4.71. The number of anilines is 1. The first-order valence-electron chi connectivity index (χ1n) is 7.09. The number of hydrogen-bond acceptors (Lipinski definition) is 4. The molecule has 1 fully saturated rings. The fraction of sp³-hybridized carbons (Fsp3) is 0.714. The SMILES string of the molecule is CCN(CC1CC1)c1nn2cc(C(C)(C)C)nc2s1. The summed E-state index contributed by atoms with van der Waals surface area (Å²) in [6, 6.07) is 0. The summed E-state index contributed by atoms with van der Waals surface area (Å²) in [5, 5.41) is 5.81. The molecule has 0 saturated heterocycles. The van der Waals surface area contributed by atoms with Gasteiger partial charge >= 0.3 is 0 Å². The van der Waals surface area contributed by atoms with Gasteiger partial charge in [-0.3, -0.25) is 0 Å². The fourth-order valence-electron chi connectivity index (χ4n) is 2.13. The van der Waals surface area contributed by atoms with Crippen molar-refractivity contribution in [2.24, 2.45) is 5.92 Å². The van der Waals surface area contributed by atoms with Crippen molar-refractivity contribution < 1.29 is 0 Å². The van der Waals surface area contributed by atoms with Crippen molar-refractivity contribution in [2.75, 3.05) is 18.0 Å². The van der Waals surface area contributed by atoms with E-state index in [1.807, 2.05) is 4.52 Å². The molecular weight excluding hydrogens is 256 g/mol. The molecule has 0 spiro atoms. The zero-order chi connectivity index (χ0) is 13.6. The minimum Gasteiger partial charge on any atom is -0.347 e. The Labute approximate surface area is 118 Å². The lowest BCUT2D eigenvalue weighted by Crippen LogP contribution is -2.25. The summed E-state index contributed by atoms with van der Waals surface area (Å²) in [5.41, 5.74) is 1.20. The molecule has 1 aliphatic rings. The van der Waals surface area contributed by atoms with Gasteiger partial charge in [-0.1, -0.05) is 32.1 Å². The molecule has 104 valence electrons. The molecule has 0 unspecified atom stereocenters. The second kappa shape index (κ2) is 4.47. The molecule has 0 radical (unpaired) electrons. The molecule has 0 amide bonds. The van der Waals surface area contributed by atoms with Crippen LogP contribution in [-0.4, -0.2) is 27.7 Å². The Morgan fingerprint density at radius 3 is 2.68 bits per heavy atom. The molecule has 0 N–H and O–H groups in total. The summed E-state index contributed by atoms with van der Waals surface area (Å²) in [4.78, 5) is 8.10. The van der Waals surface area contributed by atoms with E-state index in [2.05, 4.69) is 38.8 Å². The monoisotopic (exact) mass is 278 g/mol. The van der Waals surface area contributed by atoms with Gasteiger partial charge in [0.05, 0.1) is 11.9 Å². The second-order valence-corrected chi connectivity index (χ2v) is 7.40. The predicted octanol–water partition coefficient (Wildman–Crippen LogP) is 3.32. The molecule has 2 aromatic rings. The highest BCUT2D eigenvalue weighted by Crippen LogP contribution is 2.33. The van der Waals surface area contributed by atoms with Crippen molar-refractivity contribution in [1.82, 2.24) is 14.6 Å². The van der Waals surface area contributed by atoms with Crippen molar-refractivity contribution in [1.29, 1.82) is 0 Å². The van der Waals surface area contributed by atoms with Gasteiger partial charge in [-0.15, -0.1) is 5.10 Å². The molecule has 1 saturated carbocycles. The lowest BCUT2D eigenvalue weighted by molar-refractivity contribution is 0.572. The standard InChI is InChI=1S/C14H22N4S/c1-5-17(8-10-6-7-10)13-16-18-9-11(14(2,3)4)15-12(18)19-13/h9-10H,5-8H2,1-4H3. The van der Waals surface area contributed by atoms with Gasteiger partial charge in [-0.2, -0.15) is 0 Å². The molecule has 3 rings (SSSR count). The first kappa shape index (κ1) is 12.9. The van der Waals surface area contributed by atoms with Crippen molar-refractivity contribution in [2.45, 2.75) is 46.0 Å². The van der Waals surface area contributed by atoms with Crippen LogP contribution in [0.2, 0.25) is 0 Å². The van der Waals surface area contributed by atoms with Gasteiger partial charge < -0.3 is 4.90 Å². The predicted molar refractivity (Wildman–Crippen MR) is 80.2 cm³/mol. The summed E-state index contributed by atoms with van der Waals surface area (Å²) in [6.07, 6.45) is 4.83. The van der Waals surface area contributed by atoms with E-state index in [1.54, 1.807) is 11.3 Å². The van der Waals surface area contributed by atoms with Crippen LogP contribution < -0.4 is 4.90 Å². The molecule has 5 heteroatoms. The Morgan fingerprint density at radius 1 is 1.42 bits per heavy atom. The summed E-state index contributed by atoms with van der Waals surface area (Å²) < 4.78 is 1.94. The van der Waals surface area contributed by atoms with Crippen LogP contribution >= 0.6 is 11.3 Å². The number of imidazole rings is 1. The third kappa shape index (κ3) is 2.61. The molecule has 1 aliphatic carbocycles. The highest BCUT2D eigenvalue weighted by atomic mass is 32.1. The van der Waals surface area contributed by atoms with Crippen LogP contribution in [0.1, 0.15) is 46.2 Å². The van der Waals surface area contributed by atoms with Gasteiger partial charge in [-0.05, 0) is 25.7 Å².